The van der Waals surface area contributed by atoms with Crippen LogP contribution < -0.4 is 16.8 Å². The fourth-order valence-electron chi connectivity index (χ4n) is 1.31. The van der Waals surface area contributed by atoms with Gasteiger partial charge < -0.3 is 16.8 Å². The fraction of sp³-hybridized carbons (Fsp3) is 0.273. The van der Waals surface area contributed by atoms with Crippen LogP contribution in [0.15, 0.2) is 24.3 Å². The smallest absolute Gasteiger partial charge is 0.236 e. The van der Waals surface area contributed by atoms with E-state index in [0.29, 0.717) is 5.69 Å². The SMILES string of the molecule is CC(C(=O)NCC(N)=O)c1cccc(N)c1. The van der Waals surface area contributed by atoms with Crippen molar-refractivity contribution in [1.82, 2.24) is 5.32 Å². The number of rotatable bonds is 4. The largest absolute Gasteiger partial charge is 0.399 e. The van der Waals surface area contributed by atoms with E-state index in [1.54, 1.807) is 25.1 Å². The second kappa shape index (κ2) is 5.16. The highest BCUT2D eigenvalue weighted by Crippen LogP contribution is 2.17. The molecule has 0 saturated carbocycles. The van der Waals surface area contributed by atoms with Crippen molar-refractivity contribution in [2.45, 2.75) is 12.8 Å². The fourth-order valence-corrected chi connectivity index (χ4v) is 1.31. The average molecular weight is 221 g/mol. The first-order valence-electron chi connectivity index (χ1n) is 4.92. The Bertz CT molecular complexity index is 404. The third-order valence-electron chi connectivity index (χ3n) is 2.24. The van der Waals surface area contributed by atoms with Crippen LogP contribution >= 0.6 is 0 Å². The van der Waals surface area contributed by atoms with Crippen LogP contribution in [0.4, 0.5) is 5.69 Å². The number of amides is 2. The van der Waals surface area contributed by atoms with Crippen molar-refractivity contribution in [2.75, 3.05) is 12.3 Å². The molecule has 5 heteroatoms. The van der Waals surface area contributed by atoms with Crippen LogP contribution in [0.5, 0.6) is 0 Å². The molecule has 0 fully saturated rings. The Morgan fingerprint density at radius 1 is 1.44 bits per heavy atom. The molecule has 0 bridgehead atoms. The molecule has 0 radical (unpaired) electrons. The van der Waals surface area contributed by atoms with Crippen LogP contribution in [-0.4, -0.2) is 18.4 Å². The number of nitrogens with two attached hydrogens (primary N) is 2. The van der Waals surface area contributed by atoms with Gasteiger partial charge in [-0.1, -0.05) is 12.1 Å². The lowest BCUT2D eigenvalue weighted by Gasteiger charge is -2.11. The van der Waals surface area contributed by atoms with Gasteiger partial charge >= 0.3 is 0 Å². The molecule has 1 rings (SSSR count). The molecule has 5 nitrogen and oxygen atoms in total. The van der Waals surface area contributed by atoms with Gasteiger partial charge in [-0.3, -0.25) is 9.59 Å². The summed E-state index contributed by atoms with van der Waals surface area (Å²) < 4.78 is 0. The maximum atomic E-state index is 11.6. The molecule has 0 aliphatic carbocycles. The Kier molecular flexibility index (Phi) is 3.88. The van der Waals surface area contributed by atoms with Crippen LogP contribution in [0.25, 0.3) is 0 Å². The van der Waals surface area contributed by atoms with E-state index in [-0.39, 0.29) is 18.4 Å². The minimum atomic E-state index is -0.562. The minimum absolute atomic E-state index is 0.147. The van der Waals surface area contributed by atoms with Crippen molar-refractivity contribution < 1.29 is 9.59 Å². The molecule has 0 heterocycles. The minimum Gasteiger partial charge on any atom is -0.399 e. The van der Waals surface area contributed by atoms with Crippen molar-refractivity contribution in [1.29, 1.82) is 0 Å². The third kappa shape index (κ3) is 3.27. The number of carbonyl (C=O) groups excluding carboxylic acids is 2. The van der Waals surface area contributed by atoms with Gasteiger partial charge in [0, 0.05) is 5.69 Å². The Morgan fingerprint density at radius 2 is 2.12 bits per heavy atom. The molecule has 0 aliphatic heterocycles. The summed E-state index contributed by atoms with van der Waals surface area (Å²) >= 11 is 0. The predicted molar refractivity (Wildman–Crippen MR) is 61.5 cm³/mol. The summed E-state index contributed by atoms with van der Waals surface area (Å²) in [5, 5.41) is 2.45. The topological polar surface area (TPSA) is 98.2 Å². The highest BCUT2D eigenvalue weighted by atomic mass is 16.2. The van der Waals surface area contributed by atoms with Gasteiger partial charge in [-0.25, -0.2) is 0 Å². The number of carbonyl (C=O) groups is 2. The zero-order valence-corrected chi connectivity index (χ0v) is 9.07. The highest BCUT2D eigenvalue weighted by Gasteiger charge is 2.15. The van der Waals surface area contributed by atoms with Crippen LogP contribution in [-0.2, 0) is 9.59 Å². The van der Waals surface area contributed by atoms with E-state index in [4.69, 9.17) is 11.5 Å². The number of nitrogen functional groups attached to an aromatic ring is 1. The van der Waals surface area contributed by atoms with Crippen molar-refractivity contribution in [3.05, 3.63) is 29.8 Å². The Hall–Kier alpha value is -2.04. The summed E-state index contributed by atoms with van der Waals surface area (Å²) in [5.41, 5.74) is 12.0. The summed E-state index contributed by atoms with van der Waals surface area (Å²) in [6.07, 6.45) is 0. The Balaban J connectivity index is 2.66. The third-order valence-corrected chi connectivity index (χ3v) is 2.24. The molecule has 0 aromatic heterocycles. The van der Waals surface area contributed by atoms with E-state index in [2.05, 4.69) is 5.32 Å². The first-order chi connectivity index (χ1) is 7.50. The molecule has 5 N–H and O–H groups in total. The predicted octanol–water partition coefficient (Wildman–Crippen LogP) is -0.0262. The molecule has 86 valence electrons. The summed E-state index contributed by atoms with van der Waals surface area (Å²) in [6.45, 7) is 1.59. The number of anilines is 1. The molecule has 16 heavy (non-hydrogen) atoms. The molecule has 0 spiro atoms. The van der Waals surface area contributed by atoms with E-state index < -0.39 is 5.91 Å². The van der Waals surface area contributed by atoms with E-state index >= 15 is 0 Å². The van der Waals surface area contributed by atoms with E-state index in [1.165, 1.54) is 0 Å². The van der Waals surface area contributed by atoms with Gasteiger partial charge in [0.05, 0.1) is 12.5 Å². The van der Waals surface area contributed by atoms with Crippen molar-refractivity contribution >= 4 is 17.5 Å². The monoisotopic (exact) mass is 221 g/mol. The summed E-state index contributed by atoms with van der Waals surface area (Å²) in [6, 6.07) is 7.07. The van der Waals surface area contributed by atoms with Gasteiger partial charge in [-0.2, -0.15) is 0 Å². The molecule has 1 unspecified atom stereocenters. The van der Waals surface area contributed by atoms with Gasteiger partial charge in [-0.15, -0.1) is 0 Å². The summed E-state index contributed by atoms with van der Waals surface area (Å²) in [4.78, 5) is 22.1. The standard InChI is InChI=1S/C11H15N3O2/c1-7(11(16)14-6-10(13)15)8-3-2-4-9(12)5-8/h2-5,7H,6,12H2,1H3,(H2,13,15)(H,14,16). The Morgan fingerprint density at radius 3 is 2.69 bits per heavy atom. The molecule has 1 atom stereocenters. The lowest BCUT2D eigenvalue weighted by molar-refractivity contribution is -0.125. The van der Waals surface area contributed by atoms with Crippen molar-refractivity contribution in [3.8, 4) is 0 Å². The molecular weight excluding hydrogens is 206 g/mol. The van der Waals surface area contributed by atoms with Crippen LogP contribution in [0, 0.1) is 0 Å². The maximum Gasteiger partial charge on any atom is 0.236 e. The summed E-state index contributed by atoms with van der Waals surface area (Å²) in [7, 11) is 0. The molecule has 1 aromatic carbocycles. The van der Waals surface area contributed by atoms with Gasteiger partial charge in [0.15, 0.2) is 0 Å². The summed E-state index contributed by atoms with van der Waals surface area (Å²) in [5.74, 6) is -1.17. The normalized spacial score (nSPS) is 11.8. The first kappa shape index (κ1) is 12.0. The van der Waals surface area contributed by atoms with Crippen molar-refractivity contribution in [2.24, 2.45) is 5.73 Å². The van der Waals surface area contributed by atoms with Crippen LogP contribution in [0.1, 0.15) is 18.4 Å². The first-order valence-corrected chi connectivity index (χ1v) is 4.92. The molecular formula is C11H15N3O2. The second-order valence-electron chi connectivity index (χ2n) is 3.58. The average Bonchev–Trinajstić information content (AvgIpc) is 2.24. The van der Waals surface area contributed by atoms with Crippen molar-refractivity contribution in [3.63, 3.8) is 0 Å². The number of benzene rings is 1. The quantitative estimate of drug-likeness (QED) is 0.623. The van der Waals surface area contributed by atoms with Gasteiger partial charge in [0.2, 0.25) is 11.8 Å². The van der Waals surface area contributed by atoms with E-state index in [1.807, 2.05) is 6.07 Å². The van der Waals surface area contributed by atoms with Crippen LogP contribution in [0.3, 0.4) is 0 Å². The second-order valence-corrected chi connectivity index (χ2v) is 3.58. The number of hydrogen-bond acceptors (Lipinski definition) is 3. The zero-order valence-electron chi connectivity index (χ0n) is 9.07. The highest BCUT2D eigenvalue weighted by molar-refractivity contribution is 5.87. The lowest BCUT2D eigenvalue weighted by atomic mass is 10.00. The van der Waals surface area contributed by atoms with Gasteiger partial charge in [0.1, 0.15) is 0 Å². The molecule has 0 saturated heterocycles. The van der Waals surface area contributed by atoms with Gasteiger partial charge in [-0.05, 0) is 24.6 Å². The number of primary amides is 1. The lowest BCUT2D eigenvalue weighted by Crippen LogP contribution is -2.35. The van der Waals surface area contributed by atoms with Gasteiger partial charge in [0.25, 0.3) is 0 Å². The maximum absolute atomic E-state index is 11.6. The molecule has 1 aromatic rings. The number of nitrogens with one attached hydrogen (secondary N) is 1. The molecule has 0 aliphatic rings. The van der Waals surface area contributed by atoms with E-state index in [9.17, 15) is 9.59 Å². The van der Waals surface area contributed by atoms with E-state index in [0.717, 1.165) is 5.56 Å². The Labute approximate surface area is 93.8 Å². The number of hydrogen-bond donors (Lipinski definition) is 3. The van der Waals surface area contributed by atoms with Crippen LogP contribution in [0.2, 0.25) is 0 Å². The molecule has 2 amide bonds. The zero-order chi connectivity index (χ0) is 12.1.